The molecular weight excluding hydrogens is 316 g/mol. The third-order valence-corrected chi connectivity index (χ3v) is 5.98. The van der Waals surface area contributed by atoms with Gasteiger partial charge in [0.05, 0.1) is 18.6 Å². The van der Waals surface area contributed by atoms with Gasteiger partial charge in [-0.3, -0.25) is 4.79 Å². The lowest BCUT2D eigenvalue weighted by atomic mass is 10.1. The van der Waals surface area contributed by atoms with Crippen LogP contribution in [0.15, 0.2) is 40.8 Å². The molecule has 0 fully saturated rings. The molecule has 1 atom stereocenters. The summed E-state index contributed by atoms with van der Waals surface area (Å²) in [4.78, 5) is 12.4. The highest BCUT2D eigenvalue weighted by Crippen LogP contribution is 2.32. The summed E-state index contributed by atoms with van der Waals surface area (Å²) in [5, 5.41) is 0. The fraction of sp³-hybridized carbons (Fsp3) is 0.471. The fourth-order valence-electron chi connectivity index (χ4n) is 2.00. The Morgan fingerprint density at radius 1 is 1.22 bits per heavy atom. The Balaban J connectivity index is 3.37. The van der Waals surface area contributed by atoms with Crippen molar-refractivity contribution >= 4 is 15.8 Å². The summed E-state index contributed by atoms with van der Waals surface area (Å²) >= 11 is 0. The van der Waals surface area contributed by atoms with Crippen molar-refractivity contribution in [3.05, 3.63) is 35.9 Å². The van der Waals surface area contributed by atoms with Gasteiger partial charge in [-0.2, -0.15) is 0 Å². The van der Waals surface area contributed by atoms with E-state index in [1.807, 2.05) is 13.8 Å². The van der Waals surface area contributed by atoms with E-state index in [0.717, 1.165) is 5.57 Å². The van der Waals surface area contributed by atoms with E-state index in [9.17, 15) is 13.2 Å². The van der Waals surface area contributed by atoms with Crippen LogP contribution in [0.25, 0.3) is 0 Å². The minimum absolute atomic E-state index is 0.0581. The molecule has 0 heterocycles. The van der Waals surface area contributed by atoms with Gasteiger partial charge in [0, 0.05) is 0 Å². The maximum absolute atomic E-state index is 13.0. The third-order valence-electron chi connectivity index (χ3n) is 3.57. The summed E-state index contributed by atoms with van der Waals surface area (Å²) in [7, 11) is -2.42. The van der Waals surface area contributed by atoms with Crippen molar-refractivity contribution in [3.8, 4) is 5.75 Å². The monoisotopic (exact) mass is 340 g/mol. The third kappa shape index (κ3) is 4.13. The number of methoxy groups -OCH3 is 1. The molecule has 1 aromatic rings. The van der Waals surface area contributed by atoms with E-state index < -0.39 is 20.6 Å². The minimum atomic E-state index is -3.92. The Kier molecular flexibility index (Phi) is 6.38. The molecule has 0 aromatic heterocycles. The maximum Gasteiger partial charge on any atom is 0.327 e. The Bertz CT molecular complexity index is 669. The SMILES string of the molecule is CCOC(=O)C(C)(CC=C(C)C)S(=O)(=O)c1ccc(OC)cc1. The lowest BCUT2D eigenvalue weighted by Gasteiger charge is -2.26. The first-order valence-electron chi connectivity index (χ1n) is 7.38. The van der Waals surface area contributed by atoms with Gasteiger partial charge in [0.1, 0.15) is 5.75 Å². The quantitative estimate of drug-likeness (QED) is 0.563. The van der Waals surface area contributed by atoms with E-state index >= 15 is 0 Å². The van der Waals surface area contributed by atoms with Crippen LogP contribution < -0.4 is 4.74 Å². The first kappa shape index (κ1) is 19.2. The molecule has 0 aliphatic rings. The van der Waals surface area contributed by atoms with E-state index in [0.29, 0.717) is 5.75 Å². The second kappa shape index (κ2) is 7.64. The van der Waals surface area contributed by atoms with E-state index in [1.165, 1.54) is 26.2 Å². The van der Waals surface area contributed by atoms with Gasteiger partial charge in [0.2, 0.25) is 0 Å². The minimum Gasteiger partial charge on any atom is -0.497 e. The summed E-state index contributed by atoms with van der Waals surface area (Å²) in [6.45, 7) is 6.89. The number of allylic oxidation sites excluding steroid dienone is 2. The highest BCUT2D eigenvalue weighted by molar-refractivity contribution is 7.93. The van der Waals surface area contributed by atoms with Crippen LogP contribution in [0.4, 0.5) is 0 Å². The average molecular weight is 340 g/mol. The molecule has 0 aliphatic carbocycles. The highest BCUT2D eigenvalue weighted by Gasteiger charge is 2.47. The van der Waals surface area contributed by atoms with E-state index in [2.05, 4.69) is 0 Å². The van der Waals surface area contributed by atoms with Crippen LogP contribution in [0, 0.1) is 0 Å². The Hall–Kier alpha value is -1.82. The van der Waals surface area contributed by atoms with Gasteiger partial charge < -0.3 is 9.47 Å². The number of esters is 1. The molecule has 0 saturated carbocycles. The molecule has 0 saturated heterocycles. The zero-order valence-corrected chi connectivity index (χ0v) is 15.1. The van der Waals surface area contributed by atoms with Crippen molar-refractivity contribution < 1.29 is 22.7 Å². The fourth-order valence-corrected chi connectivity index (χ4v) is 3.60. The van der Waals surface area contributed by atoms with Crippen molar-refractivity contribution in [2.45, 2.75) is 43.8 Å². The highest BCUT2D eigenvalue weighted by atomic mass is 32.2. The molecule has 0 spiro atoms. The lowest BCUT2D eigenvalue weighted by Crippen LogP contribution is -2.44. The smallest absolute Gasteiger partial charge is 0.327 e. The zero-order chi connectivity index (χ0) is 17.7. The number of hydrogen-bond donors (Lipinski definition) is 0. The van der Waals surface area contributed by atoms with Crippen molar-refractivity contribution in [2.24, 2.45) is 0 Å². The van der Waals surface area contributed by atoms with Crippen LogP contribution in [-0.4, -0.2) is 32.9 Å². The molecule has 6 heteroatoms. The summed E-state index contributed by atoms with van der Waals surface area (Å²) in [6.07, 6.45) is 1.79. The number of sulfone groups is 1. The van der Waals surface area contributed by atoms with Crippen LogP contribution in [0.1, 0.15) is 34.1 Å². The average Bonchev–Trinajstić information content (AvgIpc) is 2.52. The Labute approximate surface area is 138 Å². The van der Waals surface area contributed by atoms with E-state index in [-0.39, 0.29) is 17.9 Å². The summed E-state index contributed by atoms with van der Waals surface area (Å²) in [5.41, 5.74) is 0.936. The van der Waals surface area contributed by atoms with Crippen molar-refractivity contribution in [1.29, 1.82) is 0 Å². The molecule has 23 heavy (non-hydrogen) atoms. The van der Waals surface area contributed by atoms with Crippen molar-refractivity contribution in [2.75, 3.05) is 13.7 Å². The van der Waals surface area contributed by atoms with Gasteiger partial charge in [0.15, 0.2) is 14.6 Å². The standard InChI is InChI=1S/C17H24O5S/c1-6-22-16(18)17(4,12-11-13(2)3)23(19,20)15-9-7-14(21-5)8-10-15/h7-11H,6,12H2,1-5H3. The summed E-state index contributed by atoms with van der Waals surface area (Å²) < 4.78 is 34.4. The van der Waals surface area contributed by atoms with Crippen LogP contribution in [0.2, 0.25) is 0 Å². The molecule has 1 aromatic carbocycles. The molecule has 1 unspecified atom stereocenters. The number of carbonyl (C=O) groups is 1. The molecule has 0 amide bonds. The van der Waals surface area contributed by atoms with Crippen LogP contribution in [0.3, 0.4) is 0 Å². The molecule has 0 radical (unpaired) electrons. The lowest BCUT2D eigenvalue weighted by molar-refractivity contribution is -0.145. The predicted octanol–water partition coefficient (Wildman–Crippen LogP) is 3.15. The van der Waals surface area contributed by atoms with E-state index in [4.69, 9.17) is 9.47 Å². The Morgan fingerprint density at radius 3 is 2.22 bits per heavy atom. The van der Waals surface area contributed by atoms with Crippen LogP contribution >= 0.6 is 0 Å². The zero-order valence-electron chi connectivity index (χ0n) is 14.3. The Morgan fingerprint density at radius 2 is 1.78 bits per heavy atom. The van der Waals surface area contributed by atoms with Gasteiger partial charge in [-0.25, -0.2) is 8.42 Å². The van der Waals surface area contributed by atoms with Crippen molar-refractivity contribution in [1.82, 2.24) is 0 Å². The summed E-state index contributed by atoms with van der Waals surface area (Å²) in [5.74, 6) is -0.195. The molecule has 5 nitrogen and oxygen atoms in total. The van der Waals surface area contributed by atoms with Gasteiger partial charge in [0.25, 0.3) is 0 Å². The van der Waals surface area contributed by atoms with Crippen molar-refractivity contribution in [3.63, 3.8) is 0 Å². The summed E-state index contributed by atoms with van der Waals surface area (Å²) in [6, 6.07) is 5.99. The predicted molar refractivity (Wildman–Crippen MR) is 89.3 cm³/mol. The van der Waals surface area contributed by atoms with Crippen LogP contribution in [0.5, 0.6) is 5.75 Å². The number of rotatable bonds is 7. The molecule has 0 bridgehead atoms. The number of hydrogen-bond acceptors (Lipinski definition) is 5. The van der Waals surface area contributed by atoms with Gasteiger partial charge in [-0.1, -0.05) is 11.6 Å². The van der Waals surface area contributed by atoms with Crippen LogP contribution in [-0.2, 0) is 19.4 Å². The molecular formula is C17H24O5S. The van der Waals surface area contributed by atoms with Gasteiger partial charge in [-0.05, 0) is 58.4 Å². The topological polar surface area (TPSA) is 69.7 Å². The van der Waals surface area contributed by atoms with Gasteiger partial charge >= 0.3 is 5.97 Å². The normalized spacial score (nSPS) is 13.8. The number of carbonyl (C=O) groups excluding carboxylic acids is 1. The van der Waals surface area contributed by atoms with Gasteiger partial charge in [-0.15, -0.1) is 0 Å². The molecule has 128 valence electrons. The largest absolute Gasteiger partial charge is 0.497 e. The molecule has 1 rings (SSSR count). The second-order valence-corrected chi connectivity index (χ2v) is 8.00. The van der Waals surface area contributed by atoms with E-state index in [1.54, 1.807) is 25.1 Å². The number of benzene rings is 1. The molecule has 0 N–H and O–H groups in total. The number of ether oxygens (including phenoxy) is 2. The molecule has 0 aliphatic heterocycles. The first-order valence-corrected chi connectivity index (χ1v) is 8.86. The first-order chi connectivity index (χ1) is 10.7. The second-order valence-electron chi connectivity index (χ2n) is 5.62. The maximum atomic E-state index is 13.0.